The highest BCUT2D eigenvalue weighted by Gasteiger charge is 2.24. The van der Waals surface area contributed by atoms with Crippen LogP contribution in [0.25, 0.3) is 0 Å². The molecule has 0 fully saturated rings. The lowest BCUT2D eigenvalue weighted by atomic mass is 10.2. The molecule has 0 saturated carbocycles. The molecule has 0 radical (unpaired) electrons. The molecule has 3 rings (SSSR count). The van der Waals surface area contributed by atoms with E-state index < -0.39 is 0 Å². The number of aryl methyl sites for hydroxylation is 1. The zero-order chi connectivity index (χ0) is 16.8. The van der Waals surface area contributed by atoms with Crippen LogP contribution >= 0.6 is 0 Å². The van der Waals surface area contributed by atoms with Crippen molar-refractivity contribution in [2.75, 3.05) is 6.54 Å². The van der Waals surface area contributed by atoms with Crippen molar-refractivity contribution < 1.29 is 9.53 Å². The third kappa shape index (κ3) is 3.92. The van der Waals surface area contributed by atoms with Crippen LogP contribution < -0.4 is 0 Å². The van der Waals surface area contributed by atoms with Crippen LogP contribution in [0.15, 0.2) is 30.3 Å². The molecule has 1 aromatic carbocycles. The predicted octanol–water partition coefficient (Wildman–Crippen LogP) is 3.68. The van der Waals surface area contributed by atoms with Gasteiger partial charge in [-0.15, -0.1) is 0 Å². The van der Waals surface area contributed by atoms with Gasteiger partial charge >= 0.3 is 6.09 Å². The van der Waals surface area contributed by atoms with Crippen LogP contribution in [0.3, 0.4) is 0 Å². The van der Waals surface area contributed by atoms with E-state index >= 15 is 0 Å². The Kier molecular flexibility index (Phi) is 5.79. The molecule has 1 aliphatic heterocycles. The van der Waals surface area contributed by atoms with Crippen LogP contribution in [0.1, 0.15) is 36.6 Å². The van der Waals surface area contributed by atoms with E-state index in [1.807, 2.05) is 51.1 Å². The van der Waals surface area contributed by atoms with E-state index in [9.17, 15) is 4.79 Å². The molecule has 0 aliphatic carbocycles. The molecule has 0 atom stereocenters. The van der Waals surface area contributed by atoms with Crippen molar-refractivity contribution in [1.82, 2.24) is 14.5 Å². The van der Waals surface area contributed by atoms with Crippen molar-refractivity contribution in [2.45, 2.75) is 47.4 Å². The summed E-state index contributed by atoms with van der Waals surface area (Å²) in [5.74, 6) is 0.938. The van der Waals surface area contributed by atoms with Gasteiger partial charge in [0.2, 0.25) is 0 Å². The van der Waals surface area contributed by atoms with Crippen LogP contribution in [0, 0.1) is 13.8 Å². The Morgan fingerprint density at radius 2 is 1.87 bits per heavy atom. The summed E-state index contributed by atoms with van der Waals surface area (Å²) in [6.07, 6.45) is -0.275. The molecule has 1 amide bonds. The zero-order valence-electron chi connectivity index (χ0n) is 14.4. The second kappa shape index (κ2) is 7.81. The maximum Gasteiger partial charge on any atom is 0.410 e. The Bertz CT molecular complexity index is 650. The third-order valence-electron chi connectivity index (χ3n) is 3.93. The highest BCUT2D eigenvalue weighted by Crippen LogP contribution is 2.17. The lowest BCUT2D eigenvalue weighted by molar-refractivity contribution is 0.0860. The van der Waals surface area contributed by atoms with Gasteiger partial charge in [-0.05, 0) is 19.4 Å². The first-order chi connectivity index (χ1) is 11.1. The molecule has 5 heteroatoms. The second-order valence-electron chi connectivity index (χ2n) is 5.31. The number of nitrogens with zero attached hydrogens (tertiary/aromatic N) is 3. The summed E-state index contributed by atoms with van der Waals surface area (Å²) < 4.78 is 7.55. The van der Waals surface area contributed by atoms with Gasteiger partial charge in [0.15, 0.2) is 0 Å². The second-order valence-corrected chi connectivity index (χ2v) is 5.31. The average molecular weight is 315 g/mol. The lowest BCUT2D eigenvalue weighted by Crippen LogP contribution is -2.38. The molecule has 2 aromatic rings. The molecular formula is C18H25N3O2. The Labute approximate surface area is 137 Å². The highest BCUT2D eigenvalue weighted by atomic mass is 16.6. The summed E-state index contributed by atoms with van der Waals surface area (Å²) in [5.41, 5.74) is 3.21. The van der Waals surface area contributed by atoms with Crippen LogP contribution in [0.4, 0.5) is 4.79 Å². The average Bonchev–Trinajstić information content (AvgIpc) is 2.89. The van der Waals surface area contributed by atoms with Gasteiger partial charge in [-0.25, -0.2) is 9.78 Å². The van der Waals surface area contributed by atoms with E-state index in [1.165, 1.54) is 5.69 Å². The van der Waals surface area contributed by atoms with Gasteiger partial charge in [0, 0.05) is 18.8 Å². The Morgan fingerprint density at radius 3 is 2.57 bits per heavy atom. The molecular weight excluding hydrogens is 290 g/mol. The van der Waals surface area contributed by atoms with Gasteiger partial charge in [-0.1, -0.05) is 44.2 Å². The number of carbonyl (C=O) groups excluding carboxylic acids is 1. The van der Waals surface area contributed by atoms with E-state index in [-0.39, 0.29) is 6.09 Å². The van der Waals surface area contributed by atoms with E-state index in [4.69, 9.17) is 4.74 Å². The molecule has 23 heavy (non-hydrogen) atoms. The molecule has 0 spiro atoms. The van der Waals surface area contributed by atoms with Crippen LogP contribution in [0.5, 0.6) is 0 Å². The monoisotopic (exact) mass is 315 g/mol. The first kappa shape index (κ1) is 17.1. The fraction of sp³-hybridized carbons (Fsp3) is 0.444. The number of ether oxygens (including phenoxy) is 1. The van der Waals surface area contributed by atoms with Gasteiger partial charge in [-0.2, -0.15) is 0 Å². The topological polar surface area (TPSA) is 47.4 Å². The standard InChI is InChI=1S/C16H19N3O2.C2H6/c1-12-13(2)19-9-8-18(10-15(19)17-12)16(20)21-11-14-6-4-3-5-7-14;1-2/h3-7H,8-11H2,1-2H3;1-2H3. The number of imidazole rings is 1. The van der Waals surface area contributed by atoms with Crippen LogP contribution in [0.2, 0.25) is 0 Å². The smallest absolute Gasteiger partial charge is 0.410 e. The highest BCUT2D eigenvalue weighted by molar-refractivity contribution is 5.67. The summed E-state index contributed by atoms with van der Waals surface area (Å²) in [7, 11) is 0. The minimum Gasteiger partial charge on any atom is -0.445 e. The van der Waals surface area contributed by atoms with Crippen molar-refractivity contribution in [1.29, 1.82) is 0 Å². The van der Waals surface area contributed by atoms with Crippen molar-refractivity contribution >= 4 is 6.09 Å². The number of rotatable bonds is 2. The zero-order valence-corrected chi connectivity index (χ0v) is 14.4. The number of benzene rings is 1. The van der Waals surface area contributed by atoms with E-state index in [1.54, 1.807) is 4.90 Å². The molecule has 0 saturated heterocycles. The summed E-state index contributed by atoms with van der Waals surface area (Å²) in [5, 5.41) is 0. The Morgan fingerprint density at radius 1 is 1.17 bits per heavy atom. The molecule has 0 bridgehead atoms. The SMILES string of the molecule is CC.Cc1nc2n(c1C)CCN(C(=O)OCc1ccccc1)C2. The van der Waals surface area contributed by atoms with Crippen LogP contribution in [-0.2, 0) is 24.4 Å². The summed E-state index contributed by atoms with van der Waals surface area (Å²) >= 11 is 0. The van der Waals surface area contributed by atoms with E-state index in [2.05, 4.69) is 16.5 Å². The number of hydrogen-bond acceptors (Lipinski definition) is 3. The summed E-state index contributed by atoms with van der Waals surface area (Å²) in [4.78, 5) is 18.4. The summed E-state index contributed by atoms with van der Waals surface area (Å²) in [6.45, 7) is 10.3. The van der Waals surface area contributed by atoms with Gasteiger partial charge in [-0.3, -0.25) is 4.90 Å². The molecule has 0 N–H and O–H groups in total. The Balaban J connectivity index is 0.000000924. The number of hydrogen-bond donors (Lipinski definition) is 0. The first-order valence-electron chi connectivity index (χ1n) is 8.13. The van der Waals surface area contributed by atoms with Gasteiger partial charge in [0.05, 0.1) is 12.2 Å². The van der Waals surface area contributed by atoms with E-state index in [0.29, 0.717) is 19.7 Å². The molecule has 124 valence electrons. The normalized spacial score (nSPS) is 13.0. The quantitative estimate of drug-likeness (QED) is 0.849. The predicted molar refractivity (Wildman–Crippen MR) is 90.1 cm³/mol. The molecule has 0 unspecified atom stereocenters. The number of aromatic nitrogens is 2. The van der Waals surface area contributed by atoms with Gasteiger partial charge < -0.3 is 9.30 Å². The minimum atomic E-state index is -0.275. The molecule has 2 heterocycles. The summed E-state index contributed by atoms with van der Waals surface area (Å²) in [6, 6.07) is 9.71. The first-order valence-corrected chi connectivity index (χ1v) is 8.13. The van der Waals surface area contributed by atoms with Crippen molar-refractivity contribution in [3.8, 4) is 0 Å². The number of fused-ring (bicyclic) bond motifs is 1. The van der Waals surface area contributed by atoms with Crippen molar-refractivity contribution in [2.24, 2.45) is 0 Å². The van der Waals surface area contributed by atoms with Crippen molar-refractivity contribution in [3.05, 3.63) is 53.1 Å². The third-order valence-corrected chi connectivity index (χ3v) is 3.93. The Hall–Kier alpha value is -2.30. The number of amides is 1. The minimum absolute atomic E-state index is 0.275. The number of carbonyl (C=O) groups is 1. The maximum absolute atomic E-state index is 12.1. The fourth-order valence-corrected chi connectivity index (χ4v) is 2.58. The molecule has 5 nitrogen and oxygen atoms in total. The van der Waals surface area contributed by atoms with Gasteiger partial charge in [0.1, 0.15) is 12.4 Å². The van der Waals surface area contributed by atoms with Gasteiger partial charge in [0.25, 0.3) is 0 Å². The molecule has 1 aliphatic rings. The maximum atomic E-state index is 12.1. The van der Waals surface area contributed by atoms with E-state index in [0.717, 1.165) is 23.6 Å². The molecule has 1 aromatic heterocycles. The lowest BCUT2D eigenvalue weighted by Gasteiger charge is -2.27. The van der Waals surface area contributed by atoms with Crippen molar-refractivity contribution in [3.63, 3.8) is 0 Å². The largest absolute Gasteiger partial charge is 0.445 e. The fourth-order valence-electron chi connectivity index (χ4n) is 2.58. The van der Waals surface area contributed by atoms with Crippen LogP contribution in [-0.4, -0.2) is 27.1 Å².